The molecule has 1 heterocycles. The van der Waals surface area contributed by atoms with Crippen molar-refractivity contribution < 1.29 is 4.79 Å². The molecule has 1 aliphatic rings. The van der Waals surface area contributed by atoms with Crippen molar-refractivity contribution >= 4 is 6.03 Å². The van der Waals surface area contributed by atoms with Gasteiger partial charge in [0, 0.05) is 32.2 Å². The van der Waals surface area contributed by atoms with Gasteiger partial charge in [0.05, 0.1) is 0 Å². The lowest BCUT2D eigenvalue weighted by atomic mass is 10.0. The Kier molecular flexibility index (Phi) is 6.47. The molecule has 0 radical (unpaired) electrons. The van der Waals surface area contributed by atoms with E-state index in [9.17, 15) is 4.79 Å². The number of carbonyl (C=O) groups is 1. The standard InChI is InChI=1S/C14H29N3O/c1-5-16(6-2)14(18)17-9-7-8-15-11-13(17)10-12(3)4/h12-13,15H,5-11H2,1-4H3. The molecule has 18 heavy (non-hydrogen) atoms. The Morgan fingerprint density at radius 1 is 1.39 bits per heavy atom. The van der Waals surface area contributed by atoms with Crippen LogP contribution in [0.4, 0.5) is 4.79 Å². The molecule has 4 nitrogen and oxygen atoms in total. The van der Waals surface area contributed by atoms with Crippen molar-refractivity contribution in [3.05, 3.63) is 0 Å². The molecule has 1 aliphatic heterocycles. The number of urea groups is 1. The summed E-state index contributed by atoms with van der Waals surface area (Å²) in [5.41, 5.74) is 0. The number of carbonyl (C=O) groups excluding carboxylic acids is 1. The fourth-order valence-electron chi connectivity index (χ4n) is 2.62. The molecule has 2 amide bonds. The maximum atomic E-state index is 12.5. The van der Waals surface area contributed by atoms with Crippen LogP contribution in [0.15, 0.2) is 0 Å². The number of rotatable bonds is 4. The average Bonchev–Trinajstić information content (AvgIpc) is 2.55. The summed E-state index contributed by atoms with van der Waals surface area (Å²) in [6, 6.07) is 0.565. The van der Waals surface area contributed by atoms with Crippen LogP contribution in [0.5, 0.6) is 0 Å². The average molecular weight is 255 g/mol. The second-order valence-corrected chi connectivity index (χ2v) is 5.49. The molecule has 0 bridgehead atoms. The summed E-state index contributed by atoms with van der Waals surface area (Å²) in [6.07, 6.45) is 2.14. The summed E-state index contributed by atoms with van der Waals surface area (Å²) in [5, 5.41) is 3.45. The van der Waals surface area contributed by atoms with Crippen molar-refractivity contribution in [3.8, 4) is 0 Å². The van der Waals surface area contributed by atoms with Gasteiger partial charge in [0.25, 0.3) is 0 Å². The molecule has 0 aliphatic carbocycles. The van der Waals surface area contributed by atoms with Crippen LogP contribution in [0.1, 0.15) is 40.5 Å². The van der Waals surface area contributed by atoms with Crippen molar-refractivity contribution in [2.24, 2.45) is 5.92 Å². The van der Waals surface area contributed by atoms with Gasteiger partial charge < -0.3 is 15.1 Å². The molecular weight excluding hydrogens is 226 g/mol. The van der Waals surface area contributed by atoms with Crippen LogP contribution >= 0.6 is 0 Å². The first-order valence-corrected chi connectivity index (χ1v) is 7.36. The van der Waals surface area contributed by atoms with Crippen LogP contribution in [-0.2, 0) is 0 Å². The highest BCUT2D eigenvalue weighted by atomic mass is 16.2. The summed E-state index contributed by atoms with van der Waals surface area (Å²) in [5.74, 6) is 0.627. The van der Waals surface area contributed by atoms with E-state index in [1.807, 2.05) is 4.90 Å². The molecule has 0 aromatic rings. The topological polar surface area (TPSA) is 35.6 Å². The first-order valence-electron chi connectivity index (χ1n) is 7.36. The molecule has 1 saturated heterocycles. The van der Waals surface area contributed by atoms with Gasteiger partial charge in [-0.2, -0.15) is 0 Å². The number of amides is 2. The molecule has 0 aromatic carbocycles. The van der Waals surface area contributed by atoms with E-state index in [4.69, 9.17) is 0 Å². The third-order valence-electron chi connectivity index (χ3n) is 3.60. The normalized spacial score (nSPS) is 20.9. The second-order valence-electron chi connectivity index (χ2n) is 5.49. The van der Waals surface area contributed by atoms with Crippen molar-refractivity contribution in [1.82, 2.24) is 15.1 Å². The van der Waals surface area contributed by atoms with Crippen molar-refractivity contribution in [3.63, 3.8) is 0 Å². The van der Waals surface area contributed by atoms with E-state index >= 15 is 0 Å². The maximum Gasteiger partial charge on any atom is 0.320 e. The van der Waals surface area contributed by atoms with Gasteiger partial charge in [0.2, 0.25) is 0 Å². The smallest absolute Gasteiger partial charge is 0.320 e. The van der Waals surface area contributed by atoms with Gasteiger partial charge in [-0.05, 0) is 39.2 Å². The van der Waals surface area contributed by atoms with E-state index in [1.54, 1.807) is 0 Å². The largest absolute Gasteiger partial charge is 0.325 e. The SMILES string of the molecule is CCN(CC)C(=O)N1CCCNCC1CC(C)C. The Balaban J connectivity index is 2.74. The van der Waals surface area contributed by atoms with Crippen LogP contribution in [0, 0.1) is 5.92 Å². The summed E-state index contributed by atoms with van der Waals surface area (Å²) in [6.45, 7) is 13.0. The zero-order valence-corrected chi connectivity index (χ0v) is 12.4. The van der Waals surface area contributed by atoms with Crippen LogP contribution in [0.25, 0.3) is 0 Å². The zero-order chi connectivity index (χ0) is 13.5. The summed E-state index contributed by atoms with van der Waals surface area (Å²) in [4.78, 5) is 16.5. The van der Waals surface area contributed by atoms with E-state index in [0.29, 0.717) is 12.0 Å². The van der Waals surface area contributed by atoms with E-state index in [1.165, 1.54) is 0 Å². The molecule has 4 heteroatoms. The van der Waals surface area contributed by atoms with Crippen molar-refractivity contribution in [2.45, 2.75) is 46.6 Å². The van der Waals surface area contributed by atoms with E-state index in [0.717, 1.165) is 45.6 Å². The van der Waals surface area contributed by atoms with Crippen LogP contribution in [-0.4, -0.2) is 54.6 Å². The fourth-order valence-corrected chi connectivity index (χ4v) is 2.62. The lowest BCUT2D eigenvalue weighted by Gasteiger charge is -2.35. The Morgan fingerprint density at radius 2 is 2.06 bits per heavy atom. The highest BCUT2D eigenvalue weighted by Gasteiger charge is 2.28. The molecular formula is C14H29N3O. The summed E-state index contributed by atoms with van der Waals surface area (Å²) >= 11 is 0. The highest BCUT2D eigenvalue weighted by Crippen LogP contribution is 2.15. The molecule has 1 N–H and O–H groups in total. The Bertz CT molecular complexity index is 251. The predicted octanol–water partition coefficient (Wildman–Crippen LogP) is 2.16. The van der Waals surface area contributed by atoms with E-state index < -0.39 is 0 Å². The minimum Gasteiger partial charge on any atom is -0.325 e. The molecule has 0 saturated carbocycles. The molecule has 1 atom stereocenters. The Hall–Kier alpha value is -0.770. The minimum absolute atomic E-state index is 0.217. The Morgan fingerprint density at radius 3 is 2.61 bits per heavy atom. The van der Waals surface area contributed by atoms with Crippen molar-refractivity contribution in [1.29, 1.82) is 0 Å². The number of nitrogens with zero attached hydrogens (tertiary/aromatic N) is 2. The van der Waals surface area contributed by atoms with Crippen LogP contribution in [0.2, 0.25) is 0 Å². The lowest BCUT2D eigenvalue weighted by molar-refractivity contribution is 0.134. The zero-order valence-electron chi connectivity index (χ0n) is 12.4. The van der Waals surface area contributed by atoms with Gasteiger partial charge >= 0.3 is 6.03 Å². The maximum absolute atomic E-state index is 12.5. The lowest BCUT2D eigenvalue weighted by Crippen LogP contribution is -2.50. The predicted molar refractivity (Wildman–Crippen MR) is 75.8 cm³/mol. The molecule has 106 valence electrons. The summed E-state index contributed by atoms with van der Waals surface area (Å²) in [7, 11) is 0. The second kappa shape index (κ2) is 7.62. The first-order chi connectivity index (χ1) is 8.60. The quantitative estimate of drug-likeness (QED) is 0.835. The van der Waals surface area contributed by atoms with Gasteiger partial charge in [-0.25, -0.2) is 4.79 Å². The van der Waals surface area contributed by atoms with Gasteiger partial charge in [0.1, 0.15) is 0 Å². The Labute approximate surface area is 112 Å². The van der Waals surface area contributed by atoms with Gasteiger partial charge in [-0.1, -0.05) is 13.8 Å². The molecule has 0 aromatic heterocycles. The number of nitrogens with one attached hydrogen (secondary N) is 1. The minimum atomic E-state index is 0.217. The van der Waals surface area contributed by atoms with Gasteiger partial charge in [-0.3, -0.25) is 0 Å². The number of hydrogen-bond donors (Lipinski definition) is 1. The van der Waals surface area contributed by atoms with Gasteiger partial charge in [-0.15, -0.1) is 0 Å². The third kappa shape index (κ3) is 4.16. The van der Waals surface area contributed by atoms with Crippen LogP contribution in [0.3, 0.4) is 0 Å². The number of hydrogen-bond acceptors (Lipinski definition) is 2. The molecule has 1 unspecified atom stereocenters. The van der Waals surface area contributed by atoms with Crippen LogP contribution < -0.4 is 5.32 Å². The monoisotopic (exact) mass is 255 g/mol. The fraction of sp³-hybridized carbons (Fsp3) is 0.929. The third-order valence-corrected chi connectivity index (χ3v) is 3.60. The first kappa shape index (κ1) is 15.3. The van der Waals surface area contributed by atoms with E-state index in [2.05, 4.69) is 37.9 Å². The summed E-state index contributed by atoms with van der Waals surface area (Å²) < 4.78 is 0. The highest BCUT2D eigenvalue weighted by molar-refractivity contribution is 5.74. The van der Waals surface area contributed by atoms with Gasteiger partial charge in [0.15, 0.2) is 0 Å². The molecule has 1 rings (SSSR count). The molecule has 1 fully saturated rings. The van der Waals surface area contributed by atoms with Crippen molar-refractivity contribution in [2.75, 3.05) is 32.7 Å². The van der Waals surface area contributed by atoms with E-state index in [-0.39, 0.29) is 6.03 Å². The molecule has 0 spiro atoms.